The summed E-state index contributed by atoms with van der Waals surface area (Å²) >= 11 is 5.05. The van der Waals surface area contributed by atoms with Crippen LogP contribution in [0.5, 0.6) is 0 Å². The lowest BCUT2D eigenvalue weighted by atomic mass is 10.1. The number of hydrazine groups is 1. The zero-order valence-corrected chi connectivity index (χ0v) is 13.2. The van der Waals surface area contributed by atoms with Crippen LogP contribution in [0.4, 0.5) is 13.2 Å². The first-order valence-corrected chi connectivity index (χ1v) is 7.58. The van der Waals surface area contributed by atoms with E-state index in [1.807, 2.05) is 6.08 Å². The van der Waals surface area contributed by atoms with Crippen LogP contribution in [0.15, 0.2) is 52.6 Å². The molecule has 3 rings (SSSR count). The number of furan rings is 1. The molecule has 24 heavy (non-hydrogen) atoms. The first-order chi connectivity index (χ1) is 11.4. The molecule has 0 unspecified atom stereocenters. The third-order valence-corrected chi connectivity index (χ3v) is 3.49. The molecule has 126 valence electrons. The molecule has 0 saturated heterocycles. The SMILES string of the molecule is FC(F)(F)c1cccc(-c2ccc(CNNC(=S)NC3=CC3)o2)c1. The van der Waals surface area contributed by atoms with Crippen molar-refractivity contribution in [2.24, 2.45) is 0 Å². The topological polar surface area (TPSA) is 49.2 Å². The van der Waals surface area contributed by atoms with Crippen molar-refractivity contribution in [2.45, 2.75) is 19.1 Å². The highest BCUT2D eigenvalue weighted by Crippen LogP contribution is 2.32. The molecule has 1 aromatic carbocycles. The van der Waals surface area contributed by atoms with Gasteiger partial charge in [-0.3, -0.25) is 5.43 Å². The summed E-state index contributed by atoms with van der Waals surface area (Å²) in [5.41, 5.74) is 6.42. The van der Waals surface area contributed by atoms with Crippen LogP contribution in [0.25, 0.3) is 11.3 Å². The summed E-state index contributed by atoms with van der Waals surface area (Å²) in [5.74, 6) is 0.949. The summed E-state index contributed by atoms with van der Waals surface area (Å²) in [7, 11) is 0. The Bertz CT molecular complexity index is 783. The van der Waals surface area contributed by atoms with Crippen LogP contribution >= 0.6 is 12.2 Å². The van der Waals surface area contributed by atoms with Crippen LogP contribution < -0.4 is 16.2 Å². The summed E-state index contributed by atoms with van der Waals surface area (Å²) in [6.07, 6.45) is -1.46. The third-order valence-electron chi connectivity index (χ3n) is 3.28. The van der Waals surface area contributed by atoms with Gasteiger partial charge >= 0.3 is 6.18 Å². The highest BCUT2D eigenvalue weighted by atomic mass is 32.1. The Morgan fingerprint density at radius 2 is 2.00 bits per heavy atom. The summed E-state index contributed by atoms with van der Waals surface area (Å²) in [6, 6.07) is 8.36. The molecule has 0 saturated carbocycles. The average Bonchev–Trinajstić information content (AvgIpc) is 3.21. The van der Waals surface area contributed by atoms with Gasteiger partial charge in [0.05, 0.1) is 12.1 Å². The Morgan fingerprint density at radius 1 is 1.21 bits per heavy atom. The minimum Gasteiger partial charge on any atom is -0.460 e. The largest absolute Gasteiger partial charge is 0.460 e. The Morgan fingerprint density at radius 3 is 2.71 bits per heavy atom. The minimum atomic E-state index is -4.38. The van der Waals surface area contributed by atoms with Crippen LogP contribution in [-0.4, -0.2) is 5.11 Å². The maximum Gasteiger partial charge on any atom is 0.416 e. The lowest BCUT2D eigenvalue weighted by Gasteiger charge is -2.08. The maximum absolute atomic E-state index is 12.8. The normalized spacial score (nSPS) is 13.4. The van der Waals surface area contributed by atoms with Gasteiger partial charge < -0.3 is 9.73 Å². The number of hydrogen-bond donors (Lipinski definition) is 3. The molecule has 1 heterocycles. The van der Waals surface area contributed by atoms with Crippen LogP contribution in [0.1, 0.15) is 17.7 Å². The molecule has 0 amide bonds. The van der Waals surface area contributed by atoms with Gasteiger partial charge in [0, 0.05) is 17.7 Å². The number of halogens is 3. The predicted molar refractivity (Wildman–Crippen MR) is 87.6 cm³/mol. The van der Waals surface area contributed by atoms with Gasteiger partial charge in [-0.25, -0.2) is 5.43 Å². The van der Waals surface area contributed by atoms with Gasteiger partial charge in [0.15, 0.2) is 5.11 Å². The van der Waals surface area contributed by atoms with Crippen molar-refractivity contribution >= 4 is 17.3 Å². The molecule has 0 fully saturated rings. The molecule has 0 atom stereocenters. The molecule has 0 aliphatic heterocycles. The maximum atomic E-state index is 12.8. The van der Waals surface area contributed by atoms with Crippen LogP contribution in [0, 0.1) is 0 Å². The predicted octanol–water partition coefficient (Wildman–Crippen LogP) is 3.72. The van der Waals surface area contributed by atoms with Gasteiger partial charge in [-0.1, -0.05) is 18.2 Å². The minimum absolute atomic E-state index is 0.333. The van der Waals surface area contributed by atoms with E-state index in [2.05, 4.69) is 16.2 Å². The quantitative estimate of drug-likeness (QED) is 0.565. The van der Waals surface area contributed by atoms with Gasteiger partial charge in [0.1, 0.15) is 11.5 Å². The molecular formula is C16H14F3N3OS. The van der Waals surface area contributed by atoms with E-state index in [0.29, 0.717) is 28.7 Å². The molecule has 1 aliphatic rings. The Balaban J connectivity index is 1.59. The summed E-state index contributed by atoms with van der Waals surface area (Å²) in [5, 5.41) is 3.42. The molecule has 8 heteroatoms. The highest BCUT2D eigenvalue weighted by Gasteiger charge is 2.30. The number of allylic oxidation sites excluding steroid dienone is 2. The molecule has 3 N–H and O–H groups in total. The van der Waals surface area contributed by atoms with E-state index in [-0.39, 0.29) is 0 Å². The van der Waals surface area contributed by atoms with E-state index in [9.17, 15) is 13.2 Å². The van der Waals surface area contributed by atoms with Crippen molar-refractivity contribution < 1.29 is 17.6 Å². The van der Waals surface area contributed by atoms with Gasteiger partial charge in [-0.2, -0.15) is 13.2 Å². The molecule has 0 radical (unpaired) electrons. The zero-order valence-electron chi connectivity index (χ0n) is 12.4. The summed E-state index contributed by atoms with van der Waals surface area (Å²) in [6.45, 7) is 0.333. The number of benzene rings is 1. The van der Waals surface area contributed by atoms with Crippen molar-refractivity contribution in [3.05, 3.63) is 59.5 Å². The first kappa shape index (κ1) is 16.5. The first-order valence-electron chi connectivity index (χ1n) is 7.17. The molecule has 0 spiro atoms. The fourth-order valence-corrected chi connectivity index (χ4v) is 2.22. The van der Waals surface area contributed by atoms with E-state index in [1.54, 1.807) is 18.2 Å². The Kier molecular flexibility index (Phi) is 4.59. The number of alkyl halides is 3. The fraction of sp³-hybridized carbons (Fsp3) is 0.188. The second-order valence-electron chi connectivity index (χ2n) is 5.21. The third kappa shape index (κ3) is 4.36. The molecule has 4 nitrogen and oxygen atoms in total. The standard InChI is InChI=1S/C16H14F3N3OS/c17-16(18,19)11-3-1-2-10(8-11)14-7-6-13(23-14)9-20-22-15(24)21-12-4-5-12/h1-4,6-8,20H,5,9H2,(H2,21,22,24). The lowest BCUT2D eigenvalue weighted by Crippen LogP contribution is -2.42. The van der Waals surface area contributed by atoms with Crippen LogP contribution in [0.3, 0.4) is 0 Å². The van der Waals surface area contributed by atoms with Crippen molar-refractivity contribution in [2.75, 3.05) is 0 Å². The van der Waals surface area contributed by atoms with Crippen molar-refractivity contribution in [1.82, 2.24) is 16.2 Å². The van der Waals surface area contributed by atoms with Crippen LogP contribution in [-0.2, 0) is 12.7 Å². The number of thiocarbonyl (C=S) groups is 1. The van der Waals surface area contributed by atoms with Gasteiger partial charge in [0.2, 0.25) is 0 Å². The smallest absolute Gasteiger partial charge is 0.416 e. The molecule has 0 bridgehead atoms. The molecular weight excluding hydrogens is 339 g/mol. The summed E-state index contributed by atoms with van der Waals surface area (Å²) < 4.78 is 43.8. The zero-order chi connectivity index (χ0) is 17.2. The van der Waals surface area contributed by atoms with Crippen LogP contribution in [0.2, 0.25) is 0 Å². The van der Waals surface area contributed by atoms with Crippen molar-refractivity contribution in [1.29, 1.82) is 0 Å². The van der Waals surface area contributed by atoms with Gasteiger partial charge in [-0.15, -0.1) is 0 Å². The van der Waals surface area contributed by atoms with E-state index in [4.69, 9.17) is 16.6 Å². The van der Waals surface area contributed by atoms with Gasteiger partial charge in [0.25, 0.3) is 0 Å². The van der Waals surface area contributed by atoms with Crippen molar-refractivity contribution in [3.8, 4) is 11.3 Å². The number of hydrogen-bond acceptors (Lipinski definition) is 3. The lowest BCUT2D eigenvalue weighted by molar-refractivity contribution is -0.137. The van der Waals surface area contributed by atoms with E-state index in [1.165, 1.54) is 6.07 Å². The second-order valence-corrected chi connectivity index (χ2v) is 5.62. The van der Waals surface area contributed by atoms with Crippen molar-refractivity contribution in [3.63, 3.8) is 0 Å². The molecule has 1 aliphatic carbocycles. The second kappa shape index (κ2) is 6.66. The molecule has 1 aromatic heterocycles. The van der Waals surface area contributed by atoms with E-state index >= 15 is 0 Å². The summed E-state index contributed by atoms with van der Waals surface area (Å²) in [4.78, 5) is 0. The monoisotopic (exact) mass is 353 g/mol. The van der Waals surface area contributed by atoms with E-state index < -0.39 is 11.7 Å². The number of nitrogens with one attached hydrogen (secondary N) is 3. The number of rotatable bonds is 5. The average molecular weight is 353 g/mol. The van der Waals surface area contributed by atoms with Gasteiger partial charge in [-0.05, 0) is 36.5 Å². The van der Waals surface area contributed by atoms with E-state index in [0.717, 1.165) is 24.3 Å². The fourth-order valence-electron chi connectivity index (χ4n) is 2.02. The Labute approximate surface area is 141 Å². The highest BCUT2D eigenvalue weighted by molar-refractivity contribution is 7.80. The Hall–Kier alpha value is -2.32. The molecule has 2 aromatic rings.